The first-order valence-corrected chi connectivity index (χ1v) is 10.6. The summed E-state index contributed by atoms with van der Waals surface area (Å²) in [5, 5.41) is 1.43. The van der Waals surface area contributed by atoms with Crippen LogP contribution in [0.4, 0.5) is 0 Å². The van der Waals surface area contributed by atoms with Crippen LogP contribution in [0.25, 0.3) is 0 Å². The molecule has 0 saturated carbocycles. The Hall–Kier alpha value is -2.49. The first kappa shape index (κ1) is 22.2. The lowest BCUT2D eigenvalue weighted by molar-refractivity contribution is 0.241. The van der Waals surface area contributed by atoms with Gasteiger partial charge in [0.1, 0.15) is 11.5 Å². The van der Waals surface area contributed by atoms with Crippen LogP contribution in [-0.4, -0.2) is 19.4 Å². The van der Waals surface area contributed by atoms with E-state index in [4.69, 9.17) is 37.7 Å². The van der Waals surface area contributed by atoms with E-state index >= 15 is 0 Å². The third kappa shape index (κ3) is 6.25. The van der Waals surface area contributed by atoms with Crippen LogP contribution >= 0.6 is 23.2 Å². The summed E-state index contributed by atoms with van der Waals surface area (Å²) in [6.45, 7) is 3.99. The van der Waals surface area contributed by atoms with Gasteiger partial charge in [-0.3, -0.25) is 4.99 Å². The van der Waals surface area contributed by atoms with Gasteiger partial charge in [0, 0.05) is 27.9 Å². The number of aliphatic imine (C=N–C) groups is 1. The number of hydrogen-bond donors (Lipinski definition) is 0. The van der Waals surface area contributed by atoms with Gasteiger partial charge in [0.25, 0.3) is 0 Å². The van der Waals surface area contributed by atoms with Crippen molar-refractivity contribution in [3.63, 3.8) is 0 Å². The van der Waals surface area contributed by atoms with Crippen LogP contribution in [0.3, 0.4) is 0 Å². The van der Waals surface area contributed by atoms with E-state index in [1.807, 2.05) is 86.8 Å². The van der Waals surface area contributed by atoms with Crippen LogP contribution < -0.4 is 9.47 Å². The van der Waals surface area contributed by atoms with E-state index < -0.39 is 0 Å². The van der Waals surface area contributed by atoms with Gasteiger partial charge in [-0.1, -0.05) is 47.5 Å². The molecule has 0 spiro atoms. The molecule has 0 fully saturated rings. The Labute approximate surface area is 188 Å². The zero-order valence-corrected chi connectivity index (χ0v) is 18.8. The minimum absolute atomic E-state index is 0.0467. The Morgan fingerprint density at radius 1 is 0.900 bits per heavy atom. The maximum absolute atomic E-state index is 6.08. The van der Waals surface area contributed by atoms with Crippen molar-refractivity contribution in [3.05, 3.63) is 93.5 Å². The van der Waals surface area contributed by atoms with Crippen molar-refractivity contribution in [3.8, 4) is 11.5 Å². The van der Waals surface area contributed by atoms with E-state index in [9.17, 15) is 0 Å². The quantitative estimate of drug-likeness (QED) is 0.346. The van der Waals surface area contributed by atoms with Crippen molar-refractivity contribution >= 4 is 29.4 Å². The summed E-state index contributed by atoms with van der Waals surface area (Å²) in [5.74, 6) is 1.49. The van der Waals surface area contributed by atoms with Gasteiger partial charge in [0.05, 0.1) is 19.3 Å². The van der Waals surface area contributed by atoms with Gasteiger partial charge in [-0.05, 0) is 67.8 Å². The molecule has 3 rings (SSSR count). The maximum atomic E-state index is 6.08. The smallest absolute Gasteiger partial charge is 0.132 e. The predicted molar refractivity (Wildman–Crippen MR) is 126 cm³/mol. The molecule has 0 aromatic heterocycles. The zero-order chi connectivity index (χ0) is 21.5. The SMILES string of the molecule is COc1ccc(/C=N/[C@H](Cc2ccc(Cl)cc2)c2ccc(Cl)cc2)c(OC(C)C)c1. The van der Waals surface area contributed by atoms with Gasteiger partial charge in [-0.15, -0.1) is 0 Å². The molecule has 0 saturated heterocycles. The summed E-state index contributed by atoms with van der Waals surface area (Å²) in [7, 11) is 1.64. The Morgan fingerprint density at radius 2 is 1.53 bits per heavy atom. The van der Waals surface area contributed by atoms with E-state index in [0.717, 1.165) is 39.6 Å². The molecule has 156 valence electrons. The van der Waals surface area contributed by atoms with Crippen molar-refractivity contribution in [2.75, 3.05) is 7.11 Å². The molecule has 5 heteroatoms. The maximum Gasteiger partial charge on any atom is 0.132 e. The van der Waals surface area contributed by atoms with Gasteiger partial charge in [-0.25, -0.2) is 0 Å². The first-order chi connectivity index (χ1) is 14.4. The van der Waals surface area contributed by atoms with Crippen molar-refractivity contribution < 1.29 is 9.47 Å². The molecule has 0 bridgehead atoms. The Bertz CT molecular complexity index is 983. The molecule has 30 heavy (non-hydrogen) atoms. The Morgan fingerprint density at radius 3 is 2.13 bits per heavy atom. The highest BCUT2D eigenvalue weighted by Crippen LogP contribution is 2.28. The Balaban J connectivity index is 1.93. The molecule has 0 amide bonds. The fourth-order valence-electron chi connectivity index (χ4n) is 3.06. The lowest BCUT2D eigenvalue weighted by Crippen LogP contribution is -2.08. The average molecular weight is 442 g/mol. The van der Waals surface area contributed by atoms with Crippen LogP contribution in [0, 0.1) is 0 Å². The largest absolute Gasteiger partial charge is 0.497 e. The van der Waals surface area contributed by atoms with E-state index in [1.165, 1.54) is 0 Å². The lowest BCUT2D eigenvalue weighted by atomic mass is 9.99. The highest BCUT2D eigenvalue weighted by Gasteiger charge is 2.12. The molecule has 0 unspecified atom stereocenters. The summed E-state index contributed by atoms with van der Waals surface area (Å²) in [6.07, 6.45) is 2.66. The second kappa shape index (κ2) is 10.5. The third-order valence-corrected chi connectivity index (χ3v) is 5.08. The molecule has 3 aromatic carbocycles. The molecule has 0 aliphatic heterocycles. The third-order valence-electron chi connectivity index (χ3n) is 4.57. The molecule has 1 atom stereocenters. The van der Waals surface area contributed by atoms with Crippen molar-refractivity contribution in [1.82, 2.24) is 0 Å². The first-order valence-electron chi connectivity index (χ1n) is 9.82. The second-order valence-corrected chi connectivity index (χ2v) is 8.12. The summed E-state index contributed by atoms with van der Waals surface area (Å²) >= 11 is 12.1. The van der Waals surface area contributed by atoms with E-state index in [1.54, 1.807) is 7.11 Å². The molecule has 0 N–H and O–H groups in total. The van der Waals surface area contributed by atoms with Crippen molar-refractivity contribution in [2.24, 2.45) is 4.99 Å². The lowest BCUT2D eigenvalue weighted by Gasteiger charge is -2.16. The summed E-state index contributed by atoms with van der Waals surface area (Å²) in [4.78, 5) is 4.91. The number of benzene rings is 3. The molecular formula is C25H25Cl2NO2. The second-order valence-electron chi connectivity index (χ2n) is 7.25. The normalized spacial score (nSPS) is 12.3. The van der Waals surface area contributed by atoms with Gasteiger partial charge in [0.15, 0.2) is 0 Å². The van der Waals surface area contributed by atoms with Gasteiger partial charge >= 0.3 is 0 Å². The predicted octanol–water partition coefficient (Wildman–Crippen LogP) is 7.19. The minimum atomic E-state index is -0.0718. The van der Waals surface area contributed by atoms with Crippen molar-refractivity contribution in [2.45, 2.75) is 32.4 Å². The Kier molecular flexibility index (Phi) is 7.78. The average Bonchev–Trinajstić information content (AvgIpc) is 2.73. The number of methoxy groups -OCH3 is 1. The van der Waals surface area contributed by atoms with Gasteiger partial charge in [-0.2, -0.15) is 0 Å². The number of halogens is 2. The molecule has 3 nitrogen and oxygen atoms in total. The topological polar surface area (TPSA) is 30.8 Å². The molecule has 0 aliphatic rings. The fourth-order valence-corrected chi connectivity index (χ4v) is 3.31. The van der Waals surface area contributed by atoms with E-state index in [-0.39, 0.29) is 12.1 Å². The van der Waals surface area contributed by atoms with Crippen LogP contribution in [-0.2, 0) is 6.42 Å². The van der Waals surface area contributed by atoms with Crippen LogP contribution in [0.15, 0.2) is 71.7 Å². The number of rotatable bonds is 8. The summed E-state index contributed by atoms with van der Waals surface area (Å²) in [6, 6.07) is 21.4. The highest BCUT2D eigenvalue weighted by atomic mass is 35.5. The van der Waals surface area contributed by atoms with Crippen LogP contribution in [0.2, 0.25) is 10.0 Å². The van der Waals surface area contributed by atoms with Crippen molar-refractivity contribution in [1.29, 1.82) is 0 Å². The van der Waals surface area contributed by atoms with Gasteiger partial charge < -0.3 is 9.47 Å². The van der Waals surface area contributed by atoms with E-state index in [0.29, 0.717) is 5.02 Å². The molecule has 0 radical (unpaired) electrons. The van der Waals surface area contributed by atoms with Crippen LogP contribution in [0.1, 0.15) is 36.6 Å². The molecular weight excluding hydrogens is 417 g/mol. The van der Waals surface area contributed by atoms with Crippen LogP contribution in [0.5, 0.6) is 11.5 Å². The molecule has 0 heterocycles. The number of hydrogen-bond acceptors (Lipinski definition) is 3. The number of nitrogens with zero attached hydrogens (tertiary/aromatic N) is 1. The number of ether oxygens (including phenoxy) is 2. The zero-order valence-electron chi connectivity index (χ0n) is 17.3. The molecule has 3 aromatic rings. The minimum Gasteiger partial charge on any atom is -0.497 e. The summed E-state index contributed by atoms with van der Waals surface area (Å²) < 4.78 is 11.3. The molecule has 0 aliphatic carbocycles. The summed E-state index contributed by atoms with van der Waals surface area (Å²) in [5.41, 5.74) is 3.15. The fraction of sp³-hybridized carbons (Fsp3) is 0.240. The highest BCUT2D eigenvalue weighted by molar-refractivity contribution is 6.30. The standard InChI is InChI=1S/C25H25Cl2NO2/c1-17(2)30-25-15-23(29-3)13-8-20(25)16-28-24(19-6-11-22(27)12-7-19)14-18-4-9-21(26)10-5-18/h4-13,15-17,24H,14H2,1-3H3/b28-16+/t24-/m1/s1. The van der Waals surface area contributed by atoms with E-state index in [2.05, 4.69) is 0 Å². The van der Waals surface area contributed by atoms with Gasteiger partial charge in [0.2, 0.25) is 0 Å². The monoisotopic (exact) mass is 441 g/mol.